The molecule has 4 rings (SSSR count). The van der Waals surface area contributed by atoms with Gasteiger partial charge in [-0.2, -0.15) is 0 Å². The number of benzene rings is 2. The van der Waals surface area contributed by atoms with Crippen molar-refractivity contribution in [3.8, 4) is 11.1 Å². The minimum absolute atomic E-state index is 0.228. The van der Waals surface area contributed by atoms with Gasteiger partial charge in [0.1, 0.15) is 6.04 Å². The molecule has 0 spiro atoms. The van der Waals surface area contributed by atoms with Crippen molar-refractivity contribution < 1.29 is 19.5 Å². The quantitative estimate of drug-likeness (QED) is 0.456. The molecular weight excluding hydrogens is 444 g/mol. The fraction of sp³-hybridized carbons (Fsp3) is 0.259. The fourth-order valence-electron chi connectivity index (χ4n) is 4.08. The molecule has 2 heterocycles. The van der Waals surface area contributed by atoms with E-state index in [1.807, 2.05) is 24.3 Å². The van der Waals surface area contributed by atoms with Gasteiger partial charge in [-0.1, -0.05) is 38.1 Å². The lowest BCUT2D eigenvalue weighted by atomic mass is 10.0. The zero-order valence-electron chi connectivity index (χ0n) is 19.7. The van der Waals surface area contributed by atoms with Crippen LogP contribution in [-0.4, -0.2) is 45.5 Å². The molecule has 8 heteroatoms. The topological polar surface area (TPSA) is 112 Å². The van der Waals surface area contributed by atoms with E-state index < -0.39 is 12.0 Å². The Balaban J connectivity index is 1.37. The van der Waals surface area contributed by atoms with E-state index in [2.05, 4.69) is 29.5 Å². The lowest BCUT2D eigenvalue weighted by Crippen LogP contribution is -2.45. The number of nitrogens with one attached hydrogen (secondary N) is 2. The van der Waals surface area contributed by atoms with Crippen molar-refractivity contribution in [3.63, 3.8) is 0 Å². The van der Waals surface area contributed by atoms with E-state index in [9.17, 15) is 14.4 Å². The number of hydrogen-bond acceptors (Lipinski definition) is 4. The van der Waals surface area contributed by atoms with E-state index in [1.54, 1.807) is 47.5 Å². The van der Waals surface area contributed by atoms with Gasteiger partial charge in [-0.05, 0) is 66.3 Å². The van der Waals surface area contributed by atoms with Gasteiger partial charge in [0.15, 0.2) is 0 Å². The maximum Gasteiger partial charge on any atom is 0.335 e. The predicted octanol–water partition coefficient (Wildman–Crippen LogP) is 5.21. The van der Waals surface area contributed by atoms with Crippen LogP contribution in [0.4, 0.5) is 16.2 Å². The Morgan fingerprint density at radius 1 is 0.914 bits per heavy atom. The molecule has 3 N–H and O–H groups in total. The van der Waals surface area contributed by atoms with Gasteiger partial charge in [0.2, 0.25) is 5.91 Å². The number of pyridine rings is 1. The highest BCUT2D eigenvalue weighted by atomic mass is 16.4. The average molecular weight is 473 g/mol. The smallest absolute Gasteiger partial charge is 0.335 e. The molecule has 3 aromatic rings. The first-order valence-electron chi connectivity index (χ1n) is 11.6. The van der Waals surface area contributed by atoms with Crippen LogP contribution in [0.5, 0.6) is 0 Å². The second-order valence-electron chi connectivity index (χ2n) is 8.86. The normalized spacial score (nSPS) is 15.2. The van der Waals surface area contributed by atoms with Gasteiger partial charge < -0.3 is 20.6 Å². The molecule has 1 atom stereocenters. The molecule has 0 radical (unpaired) electrons. The maximum absolute atomic E-state index is 13.0. The van der Waals surface area contributed by atoms with Crippen molar-refractivity contribution in [1.29, 1.82) is 0 Å². The van der Waals surface area contributed by atoms with Gasteiger partial charge in [0.25, 0.3) is 0 Å². The van der Waals surface area contributed by atoms with Crippen molar-refractivity contribution in [2.45, 2.75) is 38.6 Å². The summed E-state index contributed by atoms with van der Waals surface area (Å²) in [6.45, 7) is 4.62. The lowest BCUT2D eigenvalue weighted by molar-refractivity contribution is -0.119. The number of aromatic nitrogens is 1. The fourth-order valence-corrected chi connectivity index (χ4v) is 4.08. The molecule has 1 aliphatic heterocycles. The van der Waals surface area contributed by atoms with Gasteiger partial charge in [-0.3, -0.25) is 9.78 Å². The molecule has 0 bridgehead atoms. The summed E-state index contributed by atoms with van der Waals surface area (Å²) in [4.78, 5) is 42.8. The van der Waals surface area contributed by atoms with Crippen LogP contribution < -0.4 is 10.6 Å². The highest BCUT2D eigenvalue weighted by Crippen LogP contribution is 2.24. The van der Waals surface area contributed by atoms with E-state index in [4.69, 9.17) is 5.11 Å². The number of carbonyl (C=O) groups excluding carboxylic acids is 2. The second-order valence-corrected chi connectivity index (χ2v) is 8.86. The van der Waals surface area contributed by atoms with Gasteiger partial charge >= 0.3 is 12.0 Å². The lowest BCUT2D eigenvalue weighted by Gasteiger charge is -2.24. The molecule has 0 saturated carbocycles. The van der Waals surface area contributed by atoms with Gasteiger partial charge in [-0.25, -0.2) is 9.59 Å². The van der Waals surface area contributed by atoms with Crippen molar-refractivity contribution in [2.24, 2.45) is 0 Å². The van der Waals surface area contributed by atoms with E-state index in [0.29, 0.717) is 30.3 Å². The van der Waals surface area contributed by atoms with E-state index in [1.165, 1.54) is 0 Å². The number of aromatic carboxylic acids is 1. The molecule has 2 aromatic carbocycles. The zero-order chi connectivity index (χ0) is 24.9. The largest absolute Gasteiger partial charge is 0.478 e. The molecule has 8 nitrogen and oxygen atoms in total. The number of nitrogens with zero attached hydrogens (tertiary/aromatic N) is 2. The van der Waals surface area contributed by atoms with Crippen molar-refractivity contribution >= 4 is 29.3 Å². The van der Waals surface area contributed by atoms with Crippen LogP contribution in [0, 0.1) is 0 Å². The number of carboxylic acid groups (broad SMARTS) is 1. The Bertz CT molecular complexity index is 1210. The number of rotatable bonds is 6. The number of urea groups is 1. The first-order chi connectivity index (χ1) is 16.8. The molecule has 0 unspecified atom stereocenters. The minimum atomic E-state index is -0.968. The van der Waals surface area contributed by atoms with Crippen LogP contribution >= 0.6 is 0 Å². The van der Waals surface area contributed by atoms with E-state index in [0.717, 1.165) is 23.2 Å². The molecule has 1 aliphatic rings. The summed E-state index contributed by atoms with van der Waals surface area (Å²) in [6.07, 6.45) is 2.98. The van der Waals surface area contributed by atoms with Crippen LogP contribution in [-0.2, 0) is 4.79 Å². The second kappa shape index (κ2) is 10.4. The Labute approximate surface area is 204 Å². The Morgan fingerprint density at radius 2 is 1.54 bits per heavy atom. The summed E-state index contributed by atoms with van der Waals surface area (Å²) < 4.78 is 0. The third kappa shape index (κ3) is 5.66. The van der Waals surface area contributed by atoms with Crippen LogP contribution in [0.2, 0.25) is 0 Å². The zero-order valence-corrected chi connectivity index (χ0v) is 19.7. The van der Waals surface area contributed by atoms with Gasteiger partial charge in [0.05, 0.1) is 17.4 Å². The van der Waals surface area contributed by atoms with Crippen LogP contribution in [0.1, 0.15) is 48.7 Å². The van der Waals surface area contributed by atoms with Crippen molar-refractivity contribution in [2.75, 3.05) is 17.2 Å². The molecule has 1 fully saturated rings. The van der Waals surface area contributed by atoms with Gasteiger partial charge in [0, 0.05) is 17.9 Å². The first-order valence-corrected chi connectivity index (χ1v) is 11.6. The summed E-state index contributed by atoms with van der Waals surface area (Å²) in [7, 11) is 0. The number of amides is 3. The van der Waals surface area contributed by atoms with Crippen LogP contribution in [0.3, 0.4) is 0 Å². The summed E-state index contributed by atoms with van der Waals surface area (Å²) >= 11 is 0. The average Bonchev–Trinajstić information content (AvgIpc) is 3.35. The molecule has 1 saturated heterocycles. The van der Waals surface area contributed by atoms with Crippen LogP contribution in [0.25, 0.3) is 11.1 Å². The third-order valence-electron chi connectivity index (χ3n) is 6.06. The minimum Gasteiger partial charge on any atom is -0.478 e. The Hall–Kier alpha value is -4.20. The standard InChI is InChI=1S/C27H28N4O4/c1-17(2)23-14-13-22(16-28-23)30-27(35)31-15-3-4-24(31)25(32)29-21-11-9-19(10-12-21)18-5-7-20(8-6-18)26(33)34/h5-14,16-17,24H,3-4,15H2,1-2H3,(H,29,32)(H,30,35)(H,33,34)/t24-/m1/s1. The Kier molecular flexibility index (Phi) is 7.10. The SMILES string of the molecule is CC(C)c1ccc(NC(=O)N2CCC[C@@H]2C(=O)Nc2ccc(-c3ccc(C(=O)O)cc3)cc2)cn1. The first kappa shape index (κ1) is 23.9. The maximum atomic E-state index is 13.0. The number of hydrogen-bond donors (Lipinski definition) is 3. The molecule has 0 aliphatic carbocycles. The third-order valence-corrected chi connectivity index (χ3v) is 6.06. The predicted molar refractivity (Wildman–Crippen MR) is 135 cm³/mol. The molecule has 35 heavy (non-hydrogen) atoms. The van der Waals surface area contributed by atoms with Crippen LogP contribution in [0.15, 0.2) is 66.9 Å². The molecule has 180 valence electrons. The monoisotopic (exact) mass is 472 g/mol. The number of carboxylic acids is 1. The van der Waals surface area contributed by atoms with E-state index in [-0.39, 0.29) is 17.5 Å². The number of anilines is 2. The summed E-state index contributed by atoms with van der Waals surface area (Å²) in [5.41, 5.74) is 4.18. The molecular formula is C27H28N4O4. The van der Waals surface area contributed by atoms with E-state index >= 15 is 0 Å². The summed E-state index contributed by atoms with van der Waals surface area (Å²) in [5.74, 6) is -0.896. The summed E-state index contributed by atoms with van der Waals surface area (Å²) in [6, 6.07) is 16.7. The molecule has 3 amide bonds. The highest BCUT2D eigenvalue weighted by Gasteiger charge is 2.34. The number of carbonyl (C=O) groups is 3. The van der Waals surface area contributed by atoms with Crippen molar-refractivity contribution in [1.82, 2.24) is 9.88 Å². The van der Waals surface area contributed by atoms with Gasteiger partial charge in [-0.15, -0.1) is 0 Å². The highest BCUT2D eigenvalue weighted by molar-refractivity contribution is 5.99. The van der Waals surface area contributed by atoms with Crippen molar-refractivity contribution in [3.05, 3.63) is 78.1 Å². The number of likely N-dealkylation sites (tertiary alicyclic amines) is 1. The summed E-state index contributed by atoms with van der Waals surface area (Å²) in [5, 5.41) is 14.8. The Morgan fingerprint density at radius 3 is 2.11 bits per heavy atom. The molecule has 1 aromatic heterocycles.